The maximum atomic E-state index is 12.7. The second-order valence-corrected chi connectivity index (χ2v) is 9.98. The fraction of sp³-hybridized carbons (Fsp3) is 0.583. The Balaban J connectivity index is 1.61. The van der Waals surface area contributed by atoms with Crippen LogP contribution < -0.4 is 5.32 Å². The summed E-state index contributed by atoms with van der Waals surface area (Å²) in [6, 6.07) is 7.33. The number of likely N-dealkylation sites (tertiary alicyclic amines) is 1. The van der Waals surface area contributed by atoms with Crippen LogP contribution in [0.4, 0.5) is 5.69 Å². The van der Waals surface area contributed by atoms with Gasteiger partial charge in [0, 0.05) is 30.7 Å². The Morgan fingerprint density at radius 2 is 1.78 bits per heavy atom. The number of rotatable bonds is 7. The maximum absolute atomic E-state index is 12.7. The molecule has 1 N–H and O–H groups in total. The maximum Gasteiger partial charge on any atom is 0.312 e. The number of carbonyl (C=O) groups is 1. The van der Waals surface area contributed by atoms with Crippen molar-refractivity contribution in [2.24, 2.45) is 11.8 Å². The van der Waals surface area contributed by atoms with Gasteiger partial charge in [-0.05, 0) is 63.6 Å². The number of hydrogen-bond donors (Lipinski definition) is 1. The van der Waals surface area contributed by atoms with E-state index in [-0.39, 0.29) is 17.1 Å². The number of piperidine rings is 1. The monoisotopic (exact) mass is 441 g/mol. The molecule has 1 fully saturated rings. The van der Waals surface area contributed by atoms with Gasteiger partial charge in [0.05, 0.1) is 11.5 Å². The van der Waals surface area contributed by atoms with Crippen molar-refractivity contribution in [3.63, 3.8) is 0 Å². The van der Waals surface area contributed by atoms with E-state index in [1.54, 1.807) is 30.7 Å². The van der Waals surface area contributed by atoms with Crippen molar-refractivity contribution in [1.29, 1.82) is 0 Å². The first-order chi connectivity index (χ1) is 15.0. The van der Waals surface area contributed by atoms with Crippen LogP contribution in [-0.4, -0.2) is 50.7 Å². The highest BCUT2D eigenvalue weighted by atomic mass is 16.6. The van der Waals surface area contributed by atoms with E-state index >= 15 is 0 Å². The van der Waals surface area contributed by atoms with Crippen LogP contribution in [0, 0.1) is 35.8 Å². The fourth-order valence-electron chi connectivity index (χ4n) is 4.71. The van der Waals surface area contributed by atoms with Crippen molar-refractivity contribution >= 4 is 11.6 Å². The first-order valence-electron chi connectivity index (χ1n) is 11.3. The molecule has 32 heavy (non-hydrogen) atoms. The lowest BCUT2D eigenvalue weighted by Crippen LogP contribution is -2.56. The highest BCUT2D eigenvalue weighted by Gasteiger charge is 2.33. The molecular weight excluding hydrogens is 406 g/mol. The minimum atomic E-state index is -0.395. The van der Waals surface area contributed by atoms with Crippen LogP contribution in [0.2, 0.25) is 0 Å². The quantitative estimate of drug-likeness (QED) is 0.519. The van der Waals surface area contributed by atoms with Crippen LogP contribution in [-0.2, 0) is 6.54 Å². The summed E-state index contributed by atoms with van der Waals surface area (Å²) < 4.78 is 1.63. The van der Waals surface area contributed by atoms with Crippen LogP contribution in [0.5, 0.6) is 0 Å². The molecule has 1 aliphatic rings. The minimum Gasteiger partial charge on any atom is -0.350 e. The first-order valence-corrected chi connectivity index (χ1v) is 11.3. The second kappa shape index (κ2) is 9.40. The summed E-state index contributed by atoms with van der Waals surface area (Å²) in [5, 5.41) is 18.6. The Morgan fingerprint density at radius 1 is 1.19 bits per heavy atom. The van der Waals surface area contributed by atoms with Crippen LogP contribution in [0.1, 0.15) is 61.4 Å². The highest BCUT2D eigenvalue weighted by molar-refractivity contribution is 5.94. The van der Waals surface area contributed by atoms with Gasteiger partial charge >= 0.3 is 5.69 Å². The standard InChI is InChI=1S/C24H35N5O3/c1-16-11-17(2)13-27(12-16)24(5,6)15-25-23(30)21-9-7-20(8-10-21)14-28-19(4)22(29(31)32)18(3)26-28/h7-10,16-17H,11-15H2,1-6H3,(H,25,30). The Morgan fingerprint density at radius 3 is 2.31 bits per heavy atom. The van der Waals surface area contributed by atoms with Crippen LogP contribution in [0.3, 0.4) is 0 Å². The van der Waals surface area contributed by atoms with Gasteiger partial charge in [0.2, 0.25) is 0 Å². The average Bonchev–Trinajstić information content (AvgIpc) is 2.99. The number of nitro groups is 1. The summed E-state index contributed by atoms with van der Waals surface area (Å²) in [4.78, 5) is 26.0. The third-order valence-corrected chi connectivity index (χ3v) is 6.48. The zero-order chi connectivity index (χ0) is 23.6. The SMILES string of the molecule is Cc1nn(Cc2ccc(C(=O)NCC(C)(C)N3CC(C)CC(C)C3)cc2)c(C)c1[N+](=O)[O-]. The fourth-order valence-corrected chi connectivity index (χ4v) is 4.71. The lowest BCUT2D eigenvalue weighted by molar-refractivity contribution is -0.386. The minimum absolute atomic E-state index is 0.0566. The third kappa shape index (κ3) is 5.35. The third-order valence-electron chi connectivity index (χ3n) is 6.48. The van der Waals surface area contributed by atoms with E-state index in [0.717, 1.165) is 18.7 Å². The van der Waals surface area contributed by atoms with Crippen molar-refractivity contribution in [3.8, 4) is 0 Å². The number of benzene rings is 1. The molecule has 2 unspecified atom stereocenters. The van der Waals surface area contributed by atoms with Crippen molar-refractivity contribution in [2.45, 2.75) is 60.0 Å². The van der Waals surface area contributed by atoms with Crippen LogP contribution >= 0.6 is 0 Å². The van der Waals surface area contributed by atoms with Crippen molar-refractivity contribution in [2.75, 3.05) is 19.6 Å². The van der Waals surface area contributed by atoms with Gasteiger partial charge in [-0.25, -0.2) is 0 Å². The van der Waals surface area contributed by atoms with Gasteiger partial charge in [-0.3, -0.25) is 24.5 Å². The molecule has 0 saturated carbocycles. The Labute approximate surface area is 190 Å². The topological polar surface area (TPSA) is 93.3 Å². The predicted molar refractivity (Wildman–Crippen MR) is 125 cm³/mol. The van der Waals surface area contributed by atoms with E-state index < -0.39 is 4.92 Å². The zero-order valence-corrected chi connectivity index (χ0v) is 20.0. The van der Waals surface area contributed by atoms with Crippen molar-refractivity contribution in [3.05, 3.63) is 56.9 Å². The molecule has 2 heterocycles. The van der Waals surface area contributed by atoms with E-state index in [1.165, 1.54) is 6.42 Å². The number of aryl methyl sites for hydroxylation is 1. The molecule has 1 aromatic heterocycles. The average molecular weight is 442 g/mol. The molecule has 0 aliphatic carbocycles. The molecule has 174 valence electrons. The van der Waals surface area contributed by atoms with Gasteiger partial charge in [0.15, 0.2) is 0 Å². The molecular formula is C24H35N5O3. The van der Waals surface area contributed by atoms with Gasteiger partial charge < -0.3 is 5.32 Å². The molecule has 8 heteroatoms. The summed E-state index contributed by atoms with van der Waals surface area (Å²) in [7, 11) is 0. The van der Waals surface area contributed by atoms with E-state index in [0.29, 0.717) is 41.9 Å². The molecule has 0 spiro atoms. The number of nitrogens with one attached hydrogen (secondary N) is 1. The molecule has 0 radical (unpaired) electrons. The Bertz CT molecular complexity index is 970. The van der Waals surface area contributed by atoms with E-state index in [9.17, 15) is 14.9 Å². The summed E-state index contributed by atoms with van der Waals surface area (Å²) in [6.07, 6.45) is 1.26. The van der Waals surface area contributed by atoms with Gasteiger partial charge in [-0.1, -0.05) is 26.0 Å². The molecule has 1 aromatic carbocycles. The Kier molecular flexibility index (Phi) is 7.03. The van der Waals surface area contributed by atoms with Crippen molar-refractivity contribution in [1.82, 2.24) is 20.0 Å². The number of aromatic nitrogens is 2. The molecule has 1 aliphatic heterocycles. The number of amides is 1. The van der Waals surface area contributed by atoms with Crippen molar-refractivity contribution < 1.29 is 9.72 Å². The Hall–Kier alpha value is -2.74. The summed E-state index contributed by atoms with van der Waals surface area (Å²) in [6.45, 7) is 15.4. The lowest BCUT2D eigenvalue weighted by Gasteiger charge is -2.45. The van der Waals surface area contributed by atoms with Gasteiger partial charge in [0.25, 0.3) is 5.91 Å². The van der Waals surface area contributed by atoms with E-state index in [1.807, 2.05) is 12.1 Å². The smallest absolute Gasteiger partial charge is 0.312 e. The normalized spacial score (nSPS) is 19.7. The first kappa shape index (κ1) is 23.9. The van der Waals surface area contributed by atoms with Gasteiger partial charge in [0.1, 0.15) is 11.4 Å². The number of hydrogen-bond acceptors (Lipinski definition) is 5. The van der Waals surface area contributed by atoms with E-state index in [2.05, 4.69) is 43.0 Å². The predicted octanol–water partition coefficient (Wildman–Crippen LogP) is 3.94. The van der Waals surface area contributed by atoms with Crippen LogP contribution in [0.25, 0.3) is 0 Å². The molecule has 2 aromatic rings. The molecule has 1 saturated heterocycles. The summed E-state index contributed by atoms with van der Waals surface area (Å²) in [5.41, 5.74) is 2.41. The number of carbonyl (C=O) groups excluding carboxylic acids is 1. The van der Waals surface area contributed by atoms with Gasteiger partial charge in [-0.2, -0.15) is 5.10 Å². The zero-order valence-electron chi connectivity index (χ0n) is 20.0. The molecule has 1 amide bonds. The lowest BCUT2D eigenvalue weighted by atomic mass is 9.88. The summed E-state index contributed by atoms with van der Waals surface area (Å²) in [5.74, 6) is 1.25. The molecule has 8 nitrogen and oxygen atoms in total. The highest BCUT2D eigenvalue weighted by Crippen LogP contribution is 2.27. The molecule has 0 bridgehead atoms. The van der Waals surface area contributed by atoms with Crippen LogP contribution in [0.15, 0.2) is 24.3 Å². The largest absolute Gasteiger partial charge is 0.350 e. The van der Waals surface area contributed by atoms with E-state index in [4.69, 9.17) is 0 Å². The number of nitrogens with zero attached hydrogens (tertiary/aromatic N) is 4. The molecule has 3 rings (SSSR count). The van der Waals surface area contributed by atoms with Gasteiger partial charge in [-0.15, -0.1) is 0 Å². The second-order valence-electron chi connectivity index (χ2n) is 9.98. The summed E-state index contributed by atoms with van der Waals surface area (Å²) >= 11 is 0. The molecule has 2 atom stereocenters.